The zero-order valence-electron chi connectivity index (χ0n) is 18.8. The molecular formula is C28H35NO2. The molecule has 31 heavy (non-hydrogen) atoms. The molecule has 0 aromatic heterocycles. The first-order valence-corrected chi connectivity index (χ1v) is 11.9. The van der Waals surface area contributed by atoms with Gasteiger partial charge in [0.25, 0.3) is 0 Å². The SMILES string of the molecule is C[C@@H]1Cc2cc(O)ccc2C2CCC3(C)/C(=C/COc4ccccc4CN)CCC3C21. The fraction of sp³-hybridized carbons (Fsp3) is 0.500. The van der Waals surface area contributed by atoms with E-state index in [0.717, 1.165) is 29.6 Å². The van der Waals surface area contributed by atoms with Crippen molar-refractivity contribution in [1.82, 2.24) is 0 Å². The van der Waals surface area contributed by atoms with Crippen molar-refractivity contribution in [1.29, 1.82) is 0 Å². The molecule has 5 atom stereocenters. The maximum atomic E-state index is 9.97. The highest BCUT2D eigenvalue weighted by Gasteiger charge is 2.54. The Balaban J connectivity index is 1.36. The molecule has 3 nitrogen and oxygen atoms in total. The zero-order chi connectivity index (χ0) is 21.6. The summed E-state index contributed by atoms with van der Waals surface area (Å²) in [5, 5.41) is 9.97. The molecule has 3 aliphatic rings. The van der Waals surface area contributed by atoms with Crippen LogP contribution < -0.4 is 10.5 Å². The summed E-state index contributed by atoms with van der Waals surface area (Å²) >= 11 is 0. The van der Waals surface area contributed by atoms with E-state index in [2.05, 4.69) is 26.0 Å². The Labute approximate surface area is 186 Å². The molecule has 0 spiro atoms. The summed E-state index contributed by atoms with van der Waals surface area (Å²) in [6.07, 6.45) is 8.44. The van der Waals surface area contributed by atoms with Gasteiger partial charge in [-0.05, 0) is 96.6 Å². The fourth-order valence-corrected chi connectivity index (χ4v) is 7.19. The van der Waals surface area contributed by atoms with Crippen LogP contribution in [0, 0.1) is 23.2 Å². The van der Waals surface area contributed by atoms with E-state index in [0.29, 0.717) is 36.2 Å². The smallest absolute Gasteiger partial charge is 0.124 e. The highest BCUT2D eigenvalue weighted by atomic mass is 16.5. The van der Waals surface area contributed by atoms with Crippen molar-refractivity contribution in [3.63, 3.8) is 0 Å². The molecule has 4 unspecified atom stereocenters. The Hall–Kier alpha value is -2.26. The van der Waals surface area contributed by atoms with Gasteiger partial charge in [-0.2, -0.15) is 0 Å². The van der Waals surface area contributed by atoms with Crippen LogP contribution in [0.15, 0.2) is 54.1 Å². The molecule has 0 radical (unpaired) electrons. The van der Waals surface area contributed by atoms with Crippen molar-refractivity contribution >= 4 is 0 Å². The average Bonchev–Trinajstić information content (AvgIpc) is 3.10. The third-order valence-corrected chi connectivity index (χ3v) is 8.67. The number of benzene rings is 2. The van der Waals surface area contributed by atoms with Gasteiger partial charge < -0.3 is 15.6 Å². The molecule has 0 saturated heterocycles. The third-order valence-electron chi connectivity index (χ3n) is 8.67. The second-order valence-electron chi connectivity index (χ2n) is 10.2. The molecule has 164 valence electrons. The Morgan fingerprint density at radius 1 is 1.19 bits per heavy atom. The lowest BCUT2D eigenvalue weighted by atomic mass is 9.52. The molecule has 0 aliphatic heterocycles. The fourth-order valence-electron chi connectivity index (χ4n) is 7.19. The highest BCUT2D eigenvalue weighted by molar-refractivity contribution is 5.41. The lowest BCUT2D eigenvalue weighted by molar-refractivity contribution is 0.0488. The van der Waals surface area contributed by atoms with Gasteiger partial charge in [0.2, 0.25) is 0 Å². The normalized spacial score (nSPS) is 32.9. The predicted molar refractivity (Wildman–Crippen MR) is 125 cm³/mol. The summed E-state index contributed by atoms with van der Waals surface area (Å²) in [6, 6.07) is 14.2. The van der Waals surface area contributed by atoms with Crippen LogP contribution in [0.5, 0.6) is 11.5 Å². The third kappa shape index (κ3) is 3.47. The zero-order valence-corrected chi connectivity index (χ0v) is 18.8. The summed E-state index contributed by atoms with van der Waals surface area (Å²) in [5.41, 5.74) is 11.7. The second-order valence-corrected chi connectivity index (χ2v) is 10.2. The Morgan fingerprint density at radius 2 is 2.03 bits per heavy atom. The summed E-state index contributed by atoms with van der Waals surface area (Å²) < 4.78 is 6.12. The van der Waals surface area contributed by atoms with Gasteiger partial charge in [0.05, 0.1) is 0 Å². The largest absolute Gasteiger partial charge is 0.508 e. The molecule has 2 aromatic carbocycles. The average molecular weight is 418 g/mol. The van der Waals surface area contributed by atoms with Crippen LogP contribution in [0.25, 0.3) is 0 Å². The Bertz CT molecular complexity index is 996. The molecule has 2 saturated carbocycles. The Kier molecular flexibility index (Phi) is 5.34. The molecule has 3 heteroatoms. The molecule has 0 heterocycles. The van der Waals surface area contributed by atoms with Gasteiger partial charge >= 0.3 is 0 Å². The van der Waals surface area contributed by atoms with E-state index >= 15 is 0 Å². The van der Waals surface area contributed by atoms with Crippen LogP contribution in [0.4, 0.5) is 0 Å². The molecule has 0 amide bonds. The molecular weight excluding hydrogens is 382 g/mol. The first-order chi connectivity index (χ1) is 15.0. The molecule has 0 bridgehead atoms. The van der Waals surface area contributed by atoms with Crippen molar-refractivity contribution in [2.45, 2.75) is 58.4 Å². The lowest BCUT2D eigenvalue weighted by Crippen LogP contribution is -2.43. The first-order valence-electron chi connectivity index (χ1n) is 11.9. The molecule has 2 aromatic rings. The van der Waals surface area contributed by atoms with Gasteiger partial charge in [0.15, 0.2) is 0 Å². The minimum atomic E-state index is 0.292. The van der Waals surface area contributed by atoms with Crippen LogP contribution in [-0.2, 0) is 13.0 Å². The van der Waals surface area contributed by atoms with Gasteiger partial charge in [-0.15, -0.1) is 0 Å². The number of para-hydroxylation sites is 1. The maximum Gasteiger partial charge on any atom is 0.124 e. The van der Waals surface area contributed by atoms with E-state index < -0.39 is 0 Å². The van der Waals surface area contributed by atoms with Gasteiger partial charge in [0.1, 0.15) is 18.1 Å². The van der Waals surface area contributed by atoms with Crippen molar-refractivity contribution in [2.75, 3.05) is 6.61 Å². The highest BCUT2D eigenvalue weighted by Crippen LogP contribution is 2.63. The van der Waals surface area contributed by atoms with Crippen LogP contribution in [0.2, 0.25) is 0 Å². The summed E-state index contributed by atoms with van der Waals surface area (Å²) in [7, 11) is 0. The van der Waals surface area contributed by atoms with Gasteiger partial charge in [0, 0.05) is 12.1 Å². The van der Waals surface area contributed by atoms with Crippen molar-refractivity contribution in [2.24, 2.45) is 28.9 Å². The quantitative estimate of drug-likeness (QED) is 0.604. The topological polar surface area (TPSA) is 55.5 Å². The van der Waals surface area contributed by atoms with Crippen molar-refractivity contribution in [3.05, 3.63) is 70.8 Å². The van der Waals surface area contributed by atoms with Gasteiger partial charge in [-0.3, -0.25) is 0 Å². The van der Waals surface area contributed by atoms with E-state index in [9.17, 15) is 5.11 Å². The van der Waals surface area contributed by atoms with Crippen LogP contribution >= 0.6 is 0 Å². The number of aromatic hydroxyl groups is 1. The van der Waals surface area contributed by atoms with E-state index in [-0.39, 0.29) is 0 Å². The van der Waals surface area contributed by atoms with Crippen molar-refractivity contribution < 1.29 is 9.84 Å². The first kappa shape index (κ1) is 20.6. The number of phenols is 1. The number of nitrogens with two attached hydrogens (primary N) is 1. The number of ether oxygens (including phenoxy) is 1. The maximum absolute atomic E-state index is 9.97. The minimum absolute atomic E-state index is 0.292. The minimum Gasteiger partial charge on any atom is -0.508 e. The molecule has 3 N–H and O–H groups in total. The van der Waals surface area contributed by atoms with E-state index in [4.69, 9.17) is 10.5 Å². The standard InChI is InChI=1S/C28H35NO2/c1-18-15-20-16-22(30)8-9-23(20)24-11-13-28(2)21(7-10-25(28)27(18)24)12-14-31-26-6-4-3-5-19(26)17-29/h3-6,8-9,12,16,18,24-25,27,30H,7,10-11,13-15,17,29H2,1-2H3/b21-12+/t18-,24?,25?,27?,28?/m1/s1. The Morgan fingerprint density at radius 3 is 2.87 bits per heavy atom. The number of rotatable bonds is 4. The number of phenolic OH excluding ortho intramolecular Hbond substituents is 1. The van der Waals surface area contributed by atoms with Crippen LogP contribution in [-0.4, -0.2) is 11.7 Å². The predicted octanol–water partition coefficient (Wildman–Crippen LogP) is 5.96. The van der Waals surface area contributed by atoms with Gasteiger partial charge in [-0.25, -0.2) is 0 Å². The number of hydrogen-bond acceptors (Lipinski definition) is 3. The molecule has 3 aliphatic carbocycles. The van der Waals surface area contributed by atoms with E-state index in [1.807, 2.05) is 36.4 Å². The summed E-state index contributed by atoms with van der Waals surface area (Å²) in [4.78, 5) is 0. The summed E-state index contributed by atoms with van der Waals surface area (Å²) in [5.74, 6) is 4.10. The van der Waals surface area contributed by atoms with Crippen LogP contribution in [0.1, 0.15) is 62.1 Å². The lowest BCUT2D eigenvalue weighted by Gasteiger charge is -2.52. The van der Waals surface area contributed by atoms with Gasteiger partial charge in [-0.1, -0.05) is 43.7 Å². The van der Waals surface area contributed by atoms with E-state index in [1.165, 1.54) is 36.8 Å². The monoisotopic (exact) mass is 417 g/mol. The summed E-state index contributed by atoms with van der Waals surface area (Å²) in [6.45, 7) is 6.08. The second kappa shape index (κ2) is 8.02. The molecule has 5 rings (SSSR count). The number of allylic oxidation sites excluding steroid dienone is 1. The number of hydrogen-bond donors (Lipinski definition) is 2. The van der Waals surface area contributed by atoms with E-state index in [1.54, 1.807) is 5.57 Å². The number of fused-ring (bicyclic) bond motifs is 5. The van der Waals surface area contributed by atoms with Crippen LogP contribution in [0.3, 0.4) is 0 Å². The molecule has 2 fully saturated rings. The van der Waals surface area contributed by atoms with Crippen molar-refractivity contribution in [3.8, 4) is 11.5 Å².